The molecule has 4 saturated carbocycles. The first-order valence-electron chi connectivity index (χ1n) is 12.7. The normalized spacial score (nSPS) is 48.2. The van der Waals surface area contributed by atoms with E-state index in [-0.39, 0.29) is 6.10 Å². The molecule has 0 aromatic carbocycles. The Bertz CT molecular complexity index is 565. The molecule has 1 heteroatoms. The Morgan fingerprint density at radius 3 is 2.32 bits per heavy atom. The summed E-state index contributed by atoms with van der Waals surface area (Å²) < 4.78 is 0. The first-order chi connectivity index (χ1) is 13.3. The number of aliphatic hydroxyl groups excluding tert-OH is 1. The molecule has 0 amide bonds. The molecule has 4 aliphatic rings. The van der Waals surface area contributed by atoms with Gasteiger partial charge in [-0.2, -0.15) is 0 Å². The second kappa shape index (κ2) is 8.09. The number of hydrogen-bond acceptors (Lipinski definition) is 1. The van der Waals surface area contributed by atoms with Crippen molar-refractivity contribution in [2.24, 2.45) is 58.7 Å². The monoisotopic (exact) mass is 386 g/mol. The van der Waals surface area contributed by atoms with Gasteiger partial charge in [0.25, 0.3) is 0 Å². The van der Waals surface area contributed by atoms with E-state index in [0.717, 1.165) is 60.2 Å². The van der Waals surface area contributed by atoms with Crippen LogP contribution in [-0.2, 0) is 0 Å². The highest BCUT2D eigenvalue weighted by molar-refractivity contribution is 5.09. The summed E-state index contributed by atoms with van der Waals surface area (Å²) in [4.78, 5) is 0. The standard InChI is InChI=1S/C27H46O/c1-17(2)18(3)6-7-19(4)25-12-13-26-24-10-8-20-16-21(28)9-11-22(20)23(24)14-15-27(25,26)5/h6-7,17-26,28H,8-16H2,1-5H3. The Hall–Kier alpha value is -0.300. The highest BCUT2D eigenvalue weighted by Crippen LogP contribution is 2.65. The third-order valence-electron chi connectivity index (χ3n) is 10.4. The molecule has 0 aromatic rings. The van der Waals surface area contributed by atoms with Crippen LogP contribution >= 0.6 is 0 Å². The van der Waals surface area contributed by atoms with E-state index < -0.39 is 0 Å². The van der Waals surface area contributed by atoms with Gasteiger partial charge >= 0.3 is 0 Å². The number of fused-ring (bicyclic) bond motifs is 5. The SMILES string of the molecule is CC(C)C(C)C=CC(C)C1CCC2C3CCC4CC(O)CCC4C3CCC12C. The van der Waals surface area contributed by atoms with Gasteiger partial charge < -0.3 is 5.11 Å². The molecule has 10 unspecified atom stereocenters. The topological polar surface area (TPSA) is 20.2 Å². The van der Waals surface area contributed by atoms with Gasteiger partial charge in [-0.15, -0.1) is 0 Å². The van der Waals surface area contributed by atoms with Crippen LogP contribution in [0.3, 0.4) is 0 Å². The van der Waals surface area contributed by atoms with Gasteiger partial charge in [-0.1, -0.05) is 46.8 Å². The Balaban J connectivity index is 1.46. The van der Waals surface area contributed by atoms with Gasteiger partial charge in [0.2, 0.25) is 0 Å². The molecule has 0 radical (unpaired) electrons. The van der Waals surface area contributed by atoms with Gasteiger partial charge in [0, 0.05) is 0 Å². The van der Waals surface area contributed by atoms with E-state index in [1.54, 1.807) is 0 Å². The van der Waals surface area contributed by atoms with Crippen LogP contribution in [0.15, 0.2) is 12.2 Å². The molecule has 1 nitrogen and oxygen atoms in total. The maximum atomic E-state index is 10.1. The Kier molecular flexibility index (Phi) is 6.05. The summed E-state index contributed by atoms with van der Waals surface area (Å²) >= 11 is 0. The van der Waals surface area contributed by atoms with E-state index in [1.165, 1.54) is 44.9 Å². The average molecular weight is 387 g/mol. The maximum absolute atomic E-state index is 10.1. The fourth-order valence-electron chi connectivity index (χ4n) is 8.44. The van der Waals surface area contributed by atoms with Crippen LogP contribution in [-0.4, -0.2) is 11.2 Å². The lowest BCUT2D eigenvalue weighted by molar-refractivity contribution is -0.0800. The summed E-state index contributed by atoms with van der Waals surface area (Å²) in [5, 5.41) is 10.1. The second-order valence-electron chi connectivity index (χ2n) is 12.0. The minimum atomic E-state index is 0.00313. The number of aliphatic hydroxyl groups is 1. The molecule has 0 saturated heterocycles. The smallest absolute Gasteiger partial charge is 0.0543 e. The van der Waals surface area contributed by atoms with Crippen LogP contribution in [0.1, 0.15) is 92.4 Å². The van der Waals surface area contributed by atoms with Gasteiger partial charge in [0.05, 0.1) is 6.10 Å². The van der Waals surface area contributed by atoms with Gasteiger partial charge in [-0.25, -0.2) is 0 Å². The van der Waals surface area contributed by atoms with E-state index in [1.807, 2.05) is 0 Å². The zero-order chi connectivity index (χ0) is 20.1. The summed E-state index contributed by atoms with van der Waals surface area (Å²) in [6.45, 7) is 12.2. The zero-order valence-electron chi connectivity index (χ0n) is 19.2. The molecule has 4 aliphatic carbocycles. The van der Waals surface area contributed by atoms with Gasteiger partial charge in [0.1, 0.15) is 0 Å². The molecule has 0 aliphatic heterocycles. The second-order valence-corrected chi connectivity index (χ2v) is 12.0. The van der Waals surface area contributed by atoms with E-state index in [0.29, 0.717) is 11.3 Å². The summed E-state index contributed by atoms with van der Waals surface area (Å²) in [7, 11) is 0. The van der Waals surface area contributed by atoms with Crippen molar-refractivity contribution in [2.75, 3.05) is 0 Å². The van der Waals surface area contributed by atoms with Crippen LogP contribution in [0.5, 0.6) is 0 Å². The Morgan fingerprint density at radius 2 is 1.57 bits per heavy atom. The lowest BCUT2D eigenvalue weighted by Gasteiger charge is -2.56. The molecule has 160 valence electrons. The van der Waals surface area contributed by atoms with Crippen molar-refractivity contribution < 1.29 is 5.11 Å². The summed E-state index contributed by atoms with van der Waals surface area (Å²) in [5.41, 5.74) is 0.576. The first-order valence-corrected chi connectivity index (χ1v) is 12.7. The third kappa shape index (κ3) is 3.63. The fraction of sp³-hybridized carbons (Fsp3) is 0.926. The van der Waals surface area contributed by atoms with Crippen LogP contribution in [0.25, 0.3) is 0 Å². The molecular formula is C27H46O. The van der Waals surface area contributed by atoms with Crippen molar-refractivity contribution >= 4 is 0 Å². The highest BCUT2D eigenvalue weighted by atomic mass is 16.3. The minimum absolute atomic E-state index is 0.00313. The quantitative estimate of drug-likeness (QED) is 0.511. The molecule has 10 atom stereocenters. The number of allylic oxidation sites excluding steroid dienone is 2. The Morgan fingerprint density at radius 1 is 0.821 bits per heavy atom. The fourth-order valence-corrected chi connectivity index (χ4v) is 8.44. The van der Waals surface area contributed by atoms with Crippen LogP contribution in [0.2, 0.25) is 0 Å². The van der Waals surface area contributed by atoms with Gasteiger partial charge in [0.15, 0.2) is 0 Å². The lowest BCUT2D eigenvalue weighted by atomic mass is 9.49. The third-order valence-corrected chi connectivity index (χ3v) is 10.4. The molecule has 4 rings (SSSR count). The molecule has 0 bridgehead atoms. The molecule has 28 heavy (non-hydrogen) atoms. The Labute approximate surface area is 174 Å². The van der Waals surface area contributed by atoms with Gasteiger partial charge in [-0.05, 0) is 116 Å². The summed E-state index contributed by atoms with van der Waals surface area (Å²) in [6.07, 6.45) is 17.3. The maximum Gasteiger partial charge on any atom is 0.0543 e. The molecule has 0 spiro atoms. The van der Waals surface area contributed by atoms with Crippen LogP contribution < -0.4 is 0 Å². The van der Waals surface area contributed by atoms with Crippen molar-refractivity contribution in [1.29, 1.82) is 0 Å². The van der Waals surface area contributed by atoms with Crippen LogP contribution in [0, 0.1) is 58.7 Å². The number of rotatable bonds is 4. The largest absolute Gasteiger partial charge is 0.393 e. The number of hydrogen-bond donors (Lipinski definition) is 1. The average Bonchev–Trinajstić information content (AvgIpc) is 3.02. The van der Waals surface area contributed by atoms with Crippen molar-refractivity contribution in [3.05, 3.63) is 12.2 Å². The van der Waals surface area contributed by atoms with Crippen LogP contribution in [0.4, 0.5) is 0 Å². The van der Waals surface area contributed by atoms with Crippen molar-refractivity contribution in [1.82, 2.24) is 0 Å². The molecule has 0 heterocycles. The van der Waals surface area contributed by atoms with Crippen molar-refractivity contribution in [2.45, 2.75) is 98.5 Å². The molecule has 4 fully saturated rings. The van der Waals surface area contributed by atoms with E-state index in [4.69, 9.17) is 0 Å². The molecule has 0 aromatic heterocycles. The van der Waals surface area contributed by atoms with E-state index in [2.05, 4.69) is 46.8 Å². The lowest BCUT2D eigenvalue weighted by Crippen LogP contribution is -2.49. The zero-order valence-corrected chi connectivity index (χ0v) is 19.2. The minimum Gasteiger partial charge on any atom is -0.393 e. The predicted octanol–water partition coefficient (Wildman–Crippen LogP) is 7.10. The van der Waals surface area contributed by atoms with E-state index >= 15 is 0 Å². The van der Waals surface area contributed by atoms with Gasteiger partial charge in [-0.3, -0.25) is 0 Å². The molecular weight excluding hydrogens is 340 g/mol. The van der Waals surface area contributed by atoms with Crippen molar-refractivity contribution in [3.63, 3.8) is 0 Å². The summed E-state index contributed by atoms with van der Waals surface area (Å²) in [6, 6.07) is 0. The summed E-state index contributed by atoms with van der Waals surface area (Å²) in [5.74, 6) is 7.79. The predicted molar refractivity (Wildman–Crippen MR) is 119 cm³/mol. The molecule has 1 N–H and O–H groups in total. The first kappa shape index (κ1) is 21.0. The van der Waals surface area contributed by atoms with E-state index in [9.17, 15) is 5.11 Å². The highest BCUT2D eigenvalue weighted by Gasteiger charge is 2.57. The van der Waals surface area contributed by atoms with Crippen molar-refractivity contribution in [3.8, 4) is 0 Å².